The van der Waals surface area contributed by atoms with Gasteiger partial charge in [-0.1, -0.05) is 172 Å². The van der Waals surface area contributed by atoms with Gasteiger partial charge in [0.2, 0.25) is 0 Å². The van der Waals surface area contributed by atoms with Crippen LogP contribution in [-0.2, 0) is 5.41 Å². The molecule has 0 saturated heterocycles. The molecule has 0 N–H and O–H groups in total. The Bertz CT molecular complexity index is 3010. The summed E-state index contributed by atoms with van der Waals surface area (Å²) in [5.74, 6) is 0. The highest BCUT2D eigenvalue weighted by molar-refractivity contribution is 7.26. The van der Waals surface area contributed by atoms with Crippen molar-refractivity contribution in [3.63, 3.8) is 0 Å². The first-order chi connectivity index (χ1) is 25.6. The number of hydrogen-bond acceptors (Lipinski definition) is 1. The normalized spacial score (nSPS) is 13.3. The maximum Gasteiger partial charge on any atom is 0.0443 e. The Morgan fingerprint density at radius 1 is 0.385 bits per heavy atom. The van der Waals surface area contributed by atoms with Crippen molar-refractivity contribution in [3.8, 4) is 44.5 Å². The Labute approximate surface area is 307 Å². The molecule has 1 heterocycles. The lowest BCUT2D eigenvalue weighted by atomic mass is 9.79. The number of hydrogen-bond donors (Lipinski definition) is 0. The fourth-order valence-electron chi connectivity index (χ4n) is 9.34. The first-order valence-electron chi connectivity index (χ1n) is 18.2. The van der Waals surface area contributed by atoms with Gasteiger partial charge in [-0.2, -0.15) is 0 Å². The van der Waals surface area contributed by atoms with E-state index < -0.39 is 0 Å². The summed E-state index contributed by atoms with van der Waals surface area (Å²) in [6, 6.07) is 63.1. The van der Waals surface area contributed by atoms with E-state index in [0.29, 0.717) is 0 Å². The molecule has 1 aliphatic rings. The summed E-state index contributed by atoms with van der Waals surface area (Å²) in [6.45, 7) is 4.84. The molecule has 0 nitrogen and oxygen atoms in total. The first-order valence-corrected chi connectivity index (χ1v) is 19.0. The summed E-state index contributed by atoms with van der Waals surface area (Å²) < 4.78 is 2.77. The molecule has 1 heteroatoms. The van der Waals surface area contributed by atoms with Crippen molar-refractivity contribution in [2.75, 3.05) is 0 Å². The molecule has 0 unspecified atom stereocenters. The monoisotopic (exact) mass is 678 g/mol. The van der Waals surface area contributed by atoms with Crippen molar-refractivity contribution in [1.29, 1.82) is 0 Å². The van der Waals surface area contributed by atoms with E-state index in [-0.39, 0.29) is 5.41 Å². The zero-order chi connectivity index (χ0) is 34.6. The molecule has 1 aliphatic carbocycles. The lowest BCUT2D eigenvalue weighted by molar-refractivity contribution is 0.667. The fourth-order valence-corrected chi connectivity index (χ4v) is 10.6. The molecule has 52 heavy (non-hydrogen) atoms. The third kappa shape index (κ3) is 4.09. The average Bonchev–Trinajstić information content (AvgIpc) is 3.70. The molecular weight excluding hydrogens is 645 g/mol. The predicted octanol–water partition coefficient (Wildman–Crippen LogP) is 14.8. The maximum atomic E-state index is 2.47. The van der Waals surface area contributed by atoms with Gasteiger partial charge in [0.25, 0.3) is 0 Å². The second-order valence-electron chi connectivity index (χ2n) is 14.8. The number of benzene rings is 9. The van der Waals surface area contributed by atoms with Gasteiger partial charge >= 0.3 is 0 Å². The summed E-state index contributed by atoms with van der Waals surface area (Å²) in [5, 5.41) is 10.6. The predicted molar refractivity (Wildman–Crippen MR) is 226 cm³/mol. The number of fused-ring (bicyclic) bond motifs is 12. The lowest BCUT2D eigenvalue weighted by Crippen LogP contribution is -2.15. The van der Waals surface area contributed by atoms with Crippen LogP contribution in [0.25, 0.3) is 97.0 Å². The molecule has 0 atom stereocenters. The largest absolute Gasteiger partial charge is 0.134 e. The Kier molecular flexibility index (Phi) is 6.27. The van der Waals surface area contributed by atoms with E-state index >= 15 is 0 Å². The zero-order valence-electron chi connectivity index (χ0n) is 29.1. The molecule has 244 valence electrons. The Morgan fingerprint density at radius 3 is 1.50 bits per heavy atom. The van der Waals surface area contributed by atoms with E-state index in [9.17, 15) is 0 Å². The summed E-state index contributed by atoms with van der Waals surface area (Å²) in [6.07, 6.45) is 0. The van der Waals surface area contributed by atoms with Crippen molar-refractivity contribution in [3.05, 3.63) is 181 Å². The van der Waals surface area contributed by atoms with E-state index in [1.54, 1.807) is 0 Å². The summed E-state index contributed by atoms with van der Waals surface area (Å²) in [7, 11) is 0. The van der Waals surface area contributed by atoms with Crippen LogP contribution in [0.2, 0.25) is 0 Å². The summed E-state index contributed by atoms with van der Waals surface area (Å²) in [4.78, 5) is 0. The fraction of sp³-hybridized carbons (Fsp3) is 0.0588. The standard InChI is InChI=1S/C51H34S/c1-51(2)43-30-34(28-29-41(43)48-49(51)40-21-11-10-20-39(40)47-42-22-12-13-23-44(42)52-50(47)48)31-24-26-33(27-25-31)46-37-18-8-6-16-35(37)45(32-14-4-3-5-15-32)36-17-7-9-19-38(36)46/h3-30H,1-2H3. The Hall–Kier alpha value is -6.02. The maximum absolute atomic E-state index is 2.47. The molecule has 10 aromatic rings. The SMILES string of the molecule is CC1(C)c2cc(-c3ccc(-c4c5ccccc5c(-c5ccccc5)c5ccccc45)cc3)ccc2-c2c1c1ccccc1c1c2sc2ccccc21. The highest BCUT2D eigenvalue weighted by Gasteiger charge is 2.39. The molecule has 0 aliphatic heterocycles. The van der Waals surface area contributed by atoms with Gasteiger partial charge < -0.3 is 0 Å². The van der Waals surface area contributed by atoms with E-state index in [4.69, 9.17) is 0 Å². The second-order valence-corrected chi connectivity index (χ2v) is 15.8. The van der Waals surface area contributed by atoms with Crippen molar-refractivity contribution in [2.45, 2.75) is 19.3 Å². The van der Waals surface area contributed by atoms with E-state index in [1.807, 2.05) is 11.3 Å². The summed E-state index contributed by atoms with van der Waals surface area (Å²) >= 11 is 1.95. The van der Waals surface area contributed by atoms with Gasteiger partial charge in [0, 0.05) is 31.2 Å². The van der Waals surface area contributed by atoms with Crippen LogP contribution in [0.1, 0.15) is 25.0 Å². The molecule has 0 amide bonds. The molecule has 0 saturated carbocycles. The lowest BCUT2D eigenvalue weighted by Gasteiger charge is -2.24. The molecule has 0 bridgehead atoms. The van der Waals surface area contributed by atoms with Crippen molar-refractivity contribution in [2.24, 2.45) is 0 Å². The van der Waals surface area contributed by atoms with Crippen LogP contribution in [0, 0.1) is 0 Å². The first kappa shape index (κ1) is 29.7. The zero-order valence-corrected chi connectivity index (χ0v) is 29.9. The van der Waals surface area contributed by atoms with E-state index in [2.05, 4.69) is 184 Å². The van der Waals surface area contributed by atoms with Crippen LogP contribution < -0.4 is 0 Å². The van der Waals surface area contributed by atoms with Crippen LogP contribution in [0.4, 0.5) is 0 Å². The Balaban J connectivity index is 1.07. The minimum atomic E-state index is -0.136. The molecule has 0 fully saturated rings. The van der Waals surface area contributed by atoms with Gasteiger partial charge in [-0.3, -0.25) is 0 Å². The van der Waals surface area contributed by atoms with Crippen molar-refractivity contribution < 1.29 is 0 Å². The molecule has 11 rings (SSSR count). The Morgan fingerprint density at radius 2 is 0.865 bits per heavy atom. The molecule has 9 aromatic carbocycles. The van der Waals surface area contributed by atoms with Gasteiger partial charge in [-0.05, 0) is 94.5 Å². The van der Waals surface area contributed by atoms with Gasteiger partial charge in [0.15, 0.2) is 0 Å². The van der Waals surface area contributed by atoms with Crippen LogP contribution in [-0.4, -0.2) is 0 Å². The molecule has 0 radical (unpaired) electrons. The molecule has 0 spiro atoms. The highest BCUT2D eigenvalue weighted by atomic mass is 32.1. The quantitative estimate of drug-likeness (QED) is 0.163. The minimum Gasteiger partial charge on any atom is -0.134 e. The topological polar surface area (TPSA) is 0 Å². The van der Waals surface area contributed by atoms with Gasteiger partial charge in [-0.15, -0.1) is 11.3 Å². The van der Waals surface area contributed by atoms with Gasteiger partial charge in [-0.25, -0.2) is 0 Å². The summed E-state index contributed by atoms with van der Waals surface area (Å²) in [5.41, 5.74) is 13.1. The highest BCUT2D eigenvalue weighted by Crippen LogP contribution is 2.57. The average molecular weight is 679 g/mol. The van der Waals surface area contributed by atoms with E-state index in [1.165, 1.54) is 108 Å². The third-order valence-electron chi connectivity index (χ3n) is 11.6. The number of rotatable bonds is 3. The minimum absolute atomic E-state index is 0.136. The number of thiophene rings is 1. The van der Waals surface area contributed by atoms with Crippen LogP contribution >= 0.6 is 11.3 Å². The smallest absolute Gasteiger partial charge is 0.0443 e. The third-order valence-corrected chi connectivity index (χ3v) is 12.8. The van der Waals surface area contributed by atoms with Crippen LogP contribution in [0.3, 0.4) is 0 Å². The van der Waals surface area contributed by atoms with Crippen LogP contribution in [0.15, 0.2) is 170 Å². The van der Waals surface area contributed by atoms with Gasteiger partial charge in [0.1, 0.15) is 0 Å². The molecular formula is C51H34S. The molecule has 1 aromatic heterocycles. The van der Waals surface area contributed by atoms with E-state index in [0.717, 1.165) is 0 Å². The second kappa shape index (κ2) is 11.0. The van der Waals surface area contributed by atoms with Gasteiger partial charge in [0.05, 0.1) is 0 Å². The van der Waals surface area contributed by atoms with Crippen molar-refractivity contribution in [1.82, 2.24) is 0 Å². The van der Waals surface area contributed by atoms with Crippen LogP contribution in [0.5, 0.6) is 0 Å². The van der Waals surface area contributed by atoms with Crippen molar-refractivity contribution >= 4 is 63.8 Å².